The van der Waals surface area contributed by atoms with Gasteiger partial charge in [-0.1, -0.05) is 17.7 Å². The lowest BCUT2D eigenvalue weighted by molar-refractivity contribution is -0.136. The van der Waals surface area contributed by atoms with E-state index >= 15 is 0 Å². The topological polar surface area (TPSA) is 24.9 Å². The molecule has 2 nitrogen and oxygen atoms in total. The van der Waals surface area contributed by atoms with Crippen LogP contribution in [0.4, 0.5) is 18.9 Å². The number of nitrogens with one attached hydrogen (secondary N) is 1. The standard InChI is InChI=1S/C13H12ClF3N2S/c1-7-8(2)20-11(19-7)6-18-12-9(13(15,16)17)4-3-5-10(12)14/h3-5,18H,6H2,1-2H3. The molecule has 108 valence electrons. The van der Waals surface area contributed by atoms with Crippen molar-refractivity contribution in [3.05, 3.63) is 44.4 Å². The van der Waals surface area contributed by atoms with Gasteiger partial charge in [-0.3, -0.25) is 0 Å². The smallest absolute Gasteiger partial charge is 0.377 e. The average molecular weight is 321 g/mol. The molecule has 0 atom stereocenters. The van der Waals surface area contributed by atoms with Crippen molar-refractivity contribution >= 4 is 28.6 Å². The molecular weight excluding hydrogens is 309 g/mol. The predicted molar refractivity (Wildman–Crippen MR) is 75.4 cm³/mol. The molecule has 1 heterocycles. The third-order valence-corrected chi connectivity index (χ3v) is 4.20. The van der Waals surface area contributed by atoms with Crippen molar-refractivity contribution in [1.82, 2.24) is 4.98 Å². The van der Waals surface area contributed by atoms with Crippen molar-refractivity contribution in [1.29, 1.82) is 0 Å². The van der Waals surface area contributed by atoms with Gasteiger partial charge in [0.05, 0.1) is 28.5 Å². The van der Waals surface area contributed by atoms with E-state index in [-0.39, 0.29) is 17.3 Å². The zero-order valence-electron chi connectivity index (χ0n) is 10.8. The maximum absolute atomic E-state index is 12.9. The maximum atomic E-state index is 12.9. The van der Waals surface area contributed by atoms with Crippen molar-refractivity contribution in [2.45, 2.75) is 26.6 Å². The number of thiazole rings is 1. The van der Waals surface area contributed by atoms with Crippen LogP contribution in [0.5, 0.6) is 0 Å². The molecule has 0 unspecified atom stereocenters. The Labute approximate surface area is 123 Å². The van der Waals surface area contributed by atoms with E-state index in [0.29, 0.717) is 0 Å². The lowest BCUT2D eigenvalue weighted by Gasteiger charge is -2.15. The molecule has 20 heavy (non-hydrogen) atoms. The highest BCUT2D eigenvalue weighted by Gasteiger charge is 2.34. The molecule has 1 aromatic heterocycles. The van der Waals surface area contributed by atoms with Gasteiger partial charge in [0.25, 0.3) is 0 Å². The van der Waals surface area contributed by atoms with Crippen LogP contribution >= 0.6 is 22.9 Å². The summed E-state index contributed by atoms with van der Waals surface area (Å²) in [5.41, 5.74) is 0.0178. The minimum absolute atomic E-state index is 0.0461. The summed E-state index contributed by atoms with van der Waals surface area (Å²) in [5.74, 6) is 0. The molecule has 2 rings (SSSR count). The predicted octanol–water partition coefficient (Wildman–Crippen LogP) is 5.04. The largest absolute Gasteiger partial charge is 0.418 e. The van der Waals surface area contributed by atoms with Crippen molar-refractivity contribution in [3.8, 4) is 0 Å². The zero-order valence-corrected chi connectivity index (χ0v) is 12.4. The van der Waals surface area contributed by atoms with E-state index in [4.69, 9.17) is 11.6 Å². The van der Waals surface area contributed by atoms with E-state index in [1.54, 1.807) is 0 Å². The number of benzene rings is 1. The summed E-state index contributed by atoms with van der Waals surface area (Å²) in [5, 5.41) is 3.52. The zero-order chi connectivity index (χ0) is 14.9. The van der Waals surface area contributed by atoms with Crippen LogP contribution in [-0.4, -0.2) is 4.98 Å². The summed E-state index contributed by atoms with van der Waals surface area (Å²) < 4.78 is 38.7. The number of alkyl halides is 3. The fourth-order valence-corrected chi connectivity index (χ4v) is 2.83. The normalized spacial score (nSPS) is 11.7. The number of hydrogen-bond donors (Lipinski definition) is 1. The van der Waals surface area contributed by atoms with Gasteiger partial charge in [-0.05, 0) is 26.0 Å². The number of aryl methyl sites for hydroxylation is 2. The summed E-state index contributed by atoms with van der Waals surface area (Å²) in [6.07, 6.45) is -4.44. The maximum Gasteiger partial charge on any atom is 0.418 e. The van der Waals surface area contributed by atoms with E-state index in [1.807, 2.05) is 13.8 Å². The fraction of sp³-hybridized carbons (Fsp3) is 0.308. The summed E-state index contributed by atoms with van der Waals surface area (Å²) in [6.45, 7) is 4.01. The summed E-state index contributed by atoms with van der Waals surface area (Å²) in [4.78, 5) is 5.33. The first-order valence-corrected chi connectivity index (χ1v) is 7.01. The third-order valence-electron chi connectivity index (χ3n) is 2.81. The number of hydrogen-bond acceptors (Lipinski definition) is 3. The molecule has 0 saturated carbocycles. The Balaban J connectivity index is 2.25. The van der Waals surface area contributed by atoms with Crippen LogP contribution in [0.3, 0.4) is 0 Å². The van der Waals surface area contributed by atoms with Crippen LogP contribution in [0.1, 0.15) is 21.1 Å². The summed E-state index contributed by atoms with van der Waals surface area (Å²) in [7, 11) is 0. The van der Waals surface area contributed by atoms with Crippen LogP contribution in [0.2, 0.25) is 5.02 Å². The molecule has 0 fully saturated rings. The van der Waals surface area contributed by atoms with Gasteiger partial charge < -0.3 is 5.32 Å². The minimum atomic E-state index is -4.44. The van der Waals surface area contributed by atoms with Crippen molar-refractivity contribution in [3.63, 3.8) is 0 Å². The van der Waals surface area contributed by atoms with E-state index in [9.17, 15) is 13.2 Å². The van der Waals surface area contributed by atoms with Gasteiger partial charge in [0.2, 0.25) is 0 Å². The summed E-state index contributed by atoms with van der Waals surface area (Å²) in [6, 6.07) is 3.72. The van der Waals surface area contributed by atoms with E-state index < -0.39 is 11.7 Å². The molecule has 0 amide bonds. The molecule has 2 aromatic rings. The molecule has 7 heteroatoms. The molecule has 0 saturated heterocycles. The minimum Gasteiger partial charge on any atom is -0.377 e. The third kappa shape index (κ3) is 3.24. The average Bonchev–Trinajstić information content (AvgIpc) is 2.66. The van der Waals surface area contributed by atoms with Crippen LogP contribution < -0.4 is 5.32 Å². The van der Waals surface area contributed by atoms with Gasteiger partial charge in [-0.25, -0.2) is 4.98 Å². The van der Waals surface area contributed by atoms with Gasteiger partial charge in [0.15, 0.2) is 0 Å². The molecule has 0 spiro atoms. The number of nitrogens with zero attached hydrogens (tertiary/aromatic N) is 1. The fourth-order valence-electron chi connectivity index (χ4n) is 1.72. The number of rotatable bonds is 3. The van der Waals surface area contributed by atoms with E-state index in [0.717, 1.165) is 21.6 Å². The van der Waals surface area contributed by atoms with Crippen molar-refractivity contribution < 1.29 is 13.2 Å². The van der Waals surface area contributed by atoms with Crippen LogP contribution in [0, 0.1) is 13.8 Å². The van der Waals surface area contributed by atoms with E-state index in [2.05, 4.69) is 10.3 Å². The van der Waals surface area contributed by atoms with E-state index in [1.165, 1.54) is 23.5 Å². The number of halogens is 4. The molecule has 0 radical (unpaired) electrons. The second-order valence-corrected chi connectivity index (χ2v) is 5.96. The first-order chi connectivity index (χ1) is 9.29. The SMILES string of the molecule is Cc1nc(CNc2c(Cl)cccc2C(F)(F)F)sc1C. The Morgan fingerprint density at radius 3 is 2.55 bits per heavy atom. The Kier molecular flexibility index (Phi) is 4.25. The molecule has 0 aliphatic rings. The molecule has 0 aliphatic heterocycles. The highest BCUT2D eigenvalue weighted by atomic mass is 35.5. The molecular formula is C13H12ClF3N2S. The highest BCUT2D eigenvalue weighted by molar-refractivity contribution is 7.11. The number of aromatic nitrogens is 1. The van der Waals surface area contributed by atoms with Crippen LogP contribution in [-0.2, 0) is 12.7 Å². The molecule has 0 bridgehead atoms. The lowest BCUT2D eigenvalue weighted by atomic mass is 10.1. The second-order valence-electron chi connectivity index (χ2n) is 4.26. The quantitative estimate of drug-likeness (QED) is 0.856. The first-order valence-electron chi connectivity index (χ1n) is 5.81. The Hall–Kier alpha value is -1.27. The molecule has 0 aliphatic carbocycles. The van der Waals surface area contributed by atoms with Crippen LogP contribution in [0.15, 0.2) is 18.2 Å². The van der Waals surface area contributed by atoms with Gasteiger partial charge in [-0.2, -0.15) is 13.2 Å². The van der Waals surface area contributed by atoms with Gasteiger partial charge in [0.1, 0.15) is 5.01 Å². The van der Waals surface area contributed by atoms with Gasteiger partial charge in [0, 0.05) is 4.88 Å². The number of anilines is 1. The summed E-state index contributed by atoms with van der Waals surface area (Å²) >= 11 is 7.31. The highest BCUT2D eigenvalue weighted by Crippen LogP contribution is 2.38. The Morgan fingerprint density at radius 2 is 2.00 bits per heavy atom. The molecule has 1 N–H and O–H groups in total. The first kappa shape index (κ1) is 15.1. The van der Waals surface area contributed by atoms with Crippen molar-refractivity contribution in [2.75, 3.05) is 5.32 Å². The lowest BCUT2D eigenvalue weighted by Crippen LogP contribution is -2.11. The molecule has 1 aromatic carbocycles. The van der Waals surface area contributed by atoms with Gasteiger partial charge >= 0.3 is 6.18 Å². The Morgan fingerprint density at radius 1 is 1.30 bits per heavy atom. The Bertz CT molecular complexity index is 603. The second kappa shape index (κ2) is 5.61. The monoisotopic (exact) mass is 320 g/mol. The van der Waals surface area contributed by atoms with Crippen molar-refractivity contribution in [2.24, 2.45) is 0 Å². The van der Waals surface area contributed by atoms with Gasteiger partial charge in [-0.15, -0.1) is 11.3 Å². The van der Waals surface area contributed by atoms with Crippen LogP contribution in [0.25, 0.3) is 0 Å². The number of para-hydroxylation sites is 1.